The quantitative estimate of drug-likeness (QED) is 0.599. The first kappa shape index (κ1) is 24.0. The number of carbonyl (C=O) groups is 1. The predicted octanol–water partition coefficient (Wildman–Crippen LogP) is 3.29. The standard InChI is InChI=1S/C23H29FN2O5S/c1-4-25(15-17-7-12-21(30-2)22(14-17)31-3)23(27)18-6-5-13-26(16-18)32(28,29)20-10-8-19(24)9-11-20/h7-12,14,18H,4-6,13,15-16H2,1-3H3. The van der Waals surface area contributed by atoms with Crippen LogP contribution in [0, 0.1) is 11.7 Å². The van der Waals surface area contributed by atoms with Crippen LogP contribution in [-0.4, -0.2) is 57.4 Å². The van der Waals surface area contributed by atoms with Gasteiger partial charge in [0.05, 0.1) is 25.0 Å². The van der Waals surface area contributed by atoms with Crippen LogP contribution in [0.5, 0.6) is 11.5 Å². The highest BCUT2D eigenvalue weighted by Gasteiger charge is 2.35. The lowest BCUT2D eigenvalue weighted by atomic mass is 9.97. The van der Waals surface area contributed by atoms with Crippen LogP contribution in [-0.2, 0) is 21.4 Å². The van der Waals surface area contributed by atoms with Crippen LogP contribution in [0.1, 0.15) is 25.3 Å². The highest BCUT2D eigenvalue weighted by Crippen LogP contribution is 2.29. The molecular weight excluding hydrogens is 435 g/mol. The van der Waals surface area contributed by atoms with Crippen LogP contribution in [0.3, 0.4) is 0 Å². The van der Waals surface area contributed by atoms with Crippen molar-refractivity contribution in [1.29, 1.82) is 0 Å². The number of nitrogens with zero attached hydrogens (tertiary/aromatic N) is 2. The third kappa shape index (κ3) is 5.21. The Morgan fingerprint density at radius 2 is 1.81 bits per heavy atom. The van der Waals surface area contributed by atoms with Crippen molar-refractivity contribution in [3.63, 3.8) is 0 Å². The fraction of sp³-hybridized carbons (Fsp3) is 0.435. The van der Waals surface area contributed by atoms with Gasteiger partial charge in [0, 0.05) is 26.2 Å². The first-order chi connectivity index (χ1) is 15.3. The zero-order chi connectivity index (χ0) is 23.3. The summed E-state index contributed by atoms with van der Waals surface area (Å²) in [7, 11) is -0.666. The second-order valence-electron chi connectivity index (χ2n) is 7.70. The zero-order valence-corrected chi connectivity index (χ0v) is 19.4. The molecule has 1 fully saturated rings. The lowest BCUT2D eigenvalue weighted by Gasteiger charge is -2.34. The number of carbonyl (C=O) groups excluding carboxylic acids is 1. The topological polar surface area (TPSA) is 76.2 Å². The van der Waals surface area contributed by atoms with Crippen molar-refractivity contribution in [3.8, 4) is 11.5 Å². The summed E-state index contributed by atoms with van der Waals surface area (Å²) in [6, 6.07) is 10.3. The minimum atomic E-state index is -3.79. The molecule has 0 spiro atoms. The lowest BCUT2D eigenvalue weighted by molar-refractivity contribution is -0.137. The second-order valence-corrected chi connectivity index (χ2v) is 9.64. The van der Waals surface area contributed by atoms with Gasteiger partial charge < -0.3 is 14.4 Å². The van der Waals surface area contributed by atoms with Crippen molar-refractivity contribution in [1.82, 2.24) is 9.21 Å². The van der Waals surface area contributed by atoms with E-state index >= 15 is 0 Å². The summed E-state index contributed by atoms with van der Waals surface area (Å²) in [6.07, 6.45) is 1.21. The van der Waals surface area contributed by atoms with Gasteiger partial charge in [0.1, 0.15) is 5.82 Å². The van der Waals surface area contributed by atoms with E-state index in [0.717, 1.165) is 17.7 Å². The maximum Gasteiger partial charge on any atom is 0.243 e. The monoisotopic (exact) mass is 464 g/mol. The molecule has 174 valence electrons. The van der Waals surface area contributed by atoms with Crippen LogP contribution in [0.15, 0.2) is 47.4 Å². The number of piperidine rings is 1. The molecule has 0 N–H and O–H groups in total. The second kappa shape index (κ2) is 10.3. The smallest absolute Gasteiger partial charge is 0.243 e. The van der Waals surface area contributed by atoms with Gasteiger partial charge >= 0.3 is 0 Å². The maximum atomic E-state index is 13.3. The van der Waals surface area contributed by atoms with Crippen LogP contribution in [0.2, 0.25) is 0 Å². The summed E-state index contributed by atoms with van der Waals surface area (Å²) in [4.78, 5) is 15.0. The van der Waals surface area contributed by atoms with E-state index < -0.39 is 21.8 Å². The van der Waals surface area contributed by atoms with Crippen molar-refractivity contribution in [2.24, 2.45) is 5.92 Å². The fourth-order valence-corrected chi connectivity index (χ4v) is 5.44. The van der Waals surface area contributed by atoms with E-state index in [1.54, 1.807) is 25.2 Å². The molecule has 1 saturated heterocycles. The number of sulfonamides is 1. The average Bonchev–Trinajstić information content (AvgIpc) is 2.82. The van der Waals surface area contributed by atoms with Gasteiger partial charge in [0.2, 0.25) is 15.9 Å². The molecule has 2 aromatic carbocycles. The molecule has 0 aromatic heterocycles. The SMILES string of the molecule is CCN(Cc1ccc(OC)c(OC)c1)C(=O)C1CCCN(S(=O)(=O)c2ccc(F)cc2)C1. The molecule has 1 aliphatic heterocycles. The van der Waals surface area contributed by atoms with E-state index in [2.05, 4.69) is 0 Å². The van der Waals surface area contributed by atoms with Gasteiger partial charge in [-0.25, -0.2) is 12.8 Å². The summed E-state index contributed by atoms with van der Waals surface area (Å²) < 4.78 is 51.1. The van der Waals surface area contributed by atoms with Crippen LogP contribution in [0.4, 0.5) is 4.39 Å². The van der Waals surface area contributed by atoms with Gasteiger partial charge in [-0.1, -0.05) is 6.07 Å². The molecule has 2 aromatic rings. The summed E-state index contributed by atoms with van der Waals surface area (Å²) in [5, 5.41) is 0. The van der Waals surface area contributed by atoms with Gasteiger partial charge in [-0.15, -0.1) is 0 Å². The molecule has 1 atom stereocenters. The van der Waals surface area contributed by atoms with Crippen molar-refractivity contribution in [3.05, 3.63) is 53.8 Å². The largest absolute Gasteiger partial charge is 0.493 e. The highest BCUT2D eigenvalue weighted by molar-refractivity contribution is 7.89. The summed E-state index contributed by atoms with van der Waals surface area (Å²) >= 11 is 0. The molecule has 1 unspecified atom stereocenters. The highest BCUT2D eigenvalue weighted by atomic mass is 32.2. The number of ether oxygens (including phenoxy) is 2. The van der Waals surface area contributed by atoms with Crippen LogP contribution >= 0.6 is 0 Å². The lowest BCUT2D eigenvalue weighted by Crippen LogP contribution is -2.46. The molecule has 0 radical (unpaired) electrons. The Labute approximate surface area is 188 Å². The summed E-state index contributed by atoms with van der Waals surface area (Å²) in [5.74, 6) is 0.187. The Morgan fingerprint density at radius 1 is 1.12 bits per heavy atom. The number of hydrogen-bond donors (Lipinski definition) is 0. The van der Waals surface area contributed by atoms with E-state index in [4.69, 9.17) is 9.47 Å². The Bertz CT molecular complexity index is 1040. The number of rotatable bonds is 8. The molecule has 0 bridgehead atoms. The van der Waals surface area contributed by atoms with E-state index in [0.29, 0.717) is 44.0 Å². The van der Waals surface area contributed by atoms with Crippen LogP contribution in [0.25, 0.3) is 0 Å². The third-order valence-corrected chi connectivity index (χ3v) is 7.58. The normalized spacial score (nSPS) is 17.1. The summed E-state index contributed by atoms with van der Waals surface area (Å²) in [6.45, 7) is 3.23. The number of benzene rings is 2. The predicted molar refractivity (Wildman–Crippen MR) is 119 cm³/mol. The van der Waals surface area contributed by atoms with Crippen molar-refractivity contribution in [2.75, 3.05) is 33.9 Å². The maximum absolute atomic E-state index is 13.3. The van der Waals surface area contributed by atoms with Crippen LogP contribution < -0.4 is 9.47 Å². The molecule has 0 aliphatic carbocycles. The van der Waals surface area contributed by atoms with Crippen molar-refractivity contribution in [2.45, 2.75) is 31.2 Å². The van der Waals surface area contributed by atoms with E-state index in [9.17, 15) is 17.6 Å². The number of halogens is 1. The number of hydrogen-bond acceptors (Lipinski definition) is 5. The minimum absolute atomic E-state index is 0.0321. The van der Waals surface area contributed by atoms with Gasteiger partial charge in [-0.3, -0.25) is 4.79 Å². The van der Waals surface area contributed by atoms with Crippen molar-refractivity contribution >= 4 is 15.9 Å². The van der Waals surface area contributed by atoms with E-state index in [1.165, 1.54) is 16.4 Å². The number of methoxy groups -OCH3 is 2. The van der Waals surface area contributed by atoms with E-state index in [-0.39, 0.29) is 17.3 Å². The third-order valence-electron chi connectivity index (χ3n) is 5.70. The minimum Gasteiger partial charge on any atom is -0.493 e. The van der Waals surface area contributed by atoms with Gasteiger partial charge in [-0.05, 0) is 61.7 Å². The first-order valence-corrected chi connectivity index (χ1v) is 12.0. The molecule has 9 heteroatoms. The van der Waals surface area contributed by atoms with Gasteiger partial charge in [0.15, 0.2) is 11.5 Å². The zero-order valence-electron chi connectivity index (χ0n) is 18.6. The Morgan fingerprint density at radius 3 is 2.44 bits per heavy atom. The van der Waals surface area contributed by atoms with Gasteiger partial charge in [-0.2, -0.15) is 4.31 Å². The molecule has 1 amide bonds. The fourth-order valence-electron chi connectivity index (χ4n) is 3.92. The molecule has 1 aliphatic rings. The number of amides is 1. The Balaban J connectivity index is 1.73. The molecule has 32 heavy (non-hydrogen) atoms. The molecule has 3 rings (SSSR count). The molecule has 1 heterocycles. The first-order valence-electron chi connectivity index (χ1n) is 10.6. The molecule has 7 nitrogen and oxygen atoms in total. The molecular formula is C23H29FN2O5S. The Kier molecular flexibility index (Phi) is 7.73. The average molecular weight is 465 g/mol. The molecule has 0 saturated carbocycles. The Hall–Kier alpha value is -2.65. The van der Waals surface area contributed by atoms with Gasteiger partial charge in [0.25, 0.3) is 0 Å². The van der Waals surface area contributed by atoms with E-state index in [1.807, 2.05) is 19.1 Å². The van der Waals surface area contributed by atoms with Crippen molar-refractivity contribution < 1.29 is 27.1 Å². The summed E-state index contributed by atoms with van der Waals surface area (Å²) in [5.41, 5.74) is 0.893.